The molecular formula is C69H43F2N3S2. The van der Waals surface area contributed by atoms with Crippen molar-refractivity contribution in [1.29, 1.82) is 0 Å². The molecule has 0 aliphatic rings. The Balaban J connectivity index is 1.17. The highest BCUT2D eigenvalue weighted by Gasteiger charge is 2.37. The van der Waals surface area contributed by atoms with Crippen LogP contribution >= 0.6 is 22.7 Å². The number of fused-ring (bicyclic) bond motifs is 17. The standard InChI is InChI=1S/C69H43F2N3S2/c1-69(2,74-54-29-11-3-21-44(54)45-22-4-12-30-55(45)74)66-62(40-17-15-19-42(70)37-40)58(72-52-27-9-5-25-50(52)64-56(72)35-33-48-46-23-7-13-31-60(46)75-67(48)64)39-59(63(66)41-18-16-20-43(71)38-41)73-53-28-10-6-26-51(53)65-57(73)36-34-49-47-24-8-14-32-61(47)76-68(49)65/h3-39H,1-2H3. The van der Waals surface area contributed by atoms with E-state index in [1.54, 1.807) is 12.1 Å². The van der Waals surface area contributed by atoms with Crippen molar-refractivity contribution in [3.8, 4) is 33.6 Å². The zero-order valence-corrected chi connectivity index (χ0v) is 42.9. The first-order valence-electron chi connectivity index (χ1n) is 25.7. The average molecular weight is 1020 g/mol. The Morgan fingerprint density at radius 2 is 0.737 bits per heavy atom. The molecular weight excluding hydrogens is 973 g/mol. The van der Waals surface area contributed by atoms with E-state index in [0.29, 0.717) is 11.1 Å². The summed E-state index contributed by atoms with van der Waals surface area (Å²) in [6, 6.07) is 77.6. The van der Waals surface area contributed by atoms with E-state index >= 15 is 8.78 Å². The van der Waals surface area contributed by atoms with Crippen LogP contribution in [0.3, 0.4) is 0 Å². The van der Waals surface area contributed by atoms with Gasteiger partial charge in [0.2, 0.25) is 0 Å². The van der Waals surface area contributed by atoms with E-state index in [4.69, 9.17) is 0 Å². The maximum atomic E-state index is 16.5. The molecule has 0 aliphatic heterocycles. The van der Waals surface area contributed by atoms with Crippen LogP contribution < -0.4 is 0 Å². The monoisotopic (exact) mass is 1020 g/mol. The van der Waals surface area contributed by atoms with Crippen molar-refractivity contribution in [3.05, 3.63) is 242 Å². The van der Waals surface area contributed by atoms with Crippen LogP contribution in [0.5, 0.6) is 0 Å². The fourth-order valence-corrected chi connectivity index (χ4v) is 15.6. The van der Waals surface area contributed by atoms with E-state index in [0.717, 1.165) is 82.7 Å². The minimum Gasteiger partial charge on any atom is -0.331 e. The van der Waals surface area contributed by atoms with Crippen LogP contribution in [0.1, 0.15) is 19.4 Å². The van der Waals surface area contributed by atoms with Gasteiger partial charge in [-0.2, -0.15) is 0 Å². The van der Waals surface area contributed by atoms with Crippen molar-refractivity contribution >= 4 is 128 Å². The Morgan fingerprint density at radius 3 is 1.18 bits per heavy atom. The first kappa shape index (κ1) is 43.5. The lowest BCUT2D eigenvalue weighted by molar-refractivity contribution is 0.467. The van der Waals surface area contributed by atoms with Crippen molar-refractivity contribution in [1.82, 2.24) is 13.7 Å². The van der Waals surface area contributed by atoms with Crippen LogP contribution in [-0.2, 0) is 5.54 Å². The van der Waals surface area contributed by atoms with Gasteiger partial charge in [-0.1, -0.05) is 146 Å². The summed E-state index contributed by atoms with van der Waals surface area (Å²) < 4.78 is 45.2. The number of hydrogen-bond acceptors (Lipinski definition) is 2. The molecule has 16 aromatic rings. The van der Waals surface area contributed by atoms with Gasteiger partial charge < -0.3 is 13.7 Å². The van der Waals surface area contributed by atoms with E-state index in [1.807, 2.05) is 46.9 Å². The van der Waals surface area contributed by atoms with Gasteiger partial charge in [-0.05, 0) is 109 Å². The minimum atomic E-state index is -0.925. The Bertz CT molecular complexity index is 4830. The first-order valence-corrected chi connectivity index (χ1v) is 27.3. The molecule has 360 valence electrons. The Morgan fingerprint density at radius 1 is 0.342 bits per heavy atom. The third kappa shape index (κ3) is 6.01. The molecule has 0 amide bonds. The summed E-state index contributed by atoms with van der Waals surface area (Å²) in [5.74, 6) is -0.686. The molecule has 0 radical (unpaired) electrons. The van der Waals surface area contributed by atoms with Gasteiger partial charge in [0.05, 0.1) is 39.0 Å². The van der Waals surface area contributed by atoms with Gasteiger partial charge in [0.15, 0.2) is 0 Å². The molecule has 5 heterocycles. The molecule has 3 nitrogen and oxygen atoms in total. The zero-order valence-electron chi connectivity index (χ0n) is 41.3. The molecule has 16 rings (SSSR count). The average Bonchev–Trinajstić information content (AvgIpc) is 4.36. The lowest BCUT2D eigenvalue weighted by atomic mass is 9.78. The number of benzene rings is 11. The molecule has 5 aromatic heterocycles. The van der Waals surface area contributed by atoms with Crippen LogP contribution in [0.25, 0.3) is 139 Å². The second kappa shape index (κ2) is 16.1. The van der Waals surface area contributed by atoms with Crippen LogP contribution in [-0.4, -0.2) is 13.7 Å². The summed E-state index contributed by atoms with van der Waals surface area (Å²) in [5, 5.41) is 11.8. The maximum absolute atomic E-state index is 16.5. The topological polar surface area (TPSA) is 14.8 Å². The molecule has 0 fully saturated rings. The molecule has 0 spiro atoms. The summed E-state index contributed by atoms with van der Waals surface area (Å²) in [6.45, 7) is 4.58. The maximum Gasteiger partial charge on any atom is 0.123 e. The normalized spacial score (nSPS) is 12.5. The molecule has 0 N–H and O–H groups in total. The molecule has 0 atom stereocenters. The second-order valence-corrected chi connectivity index (χ2v) is 22.7. The summed E-state index contributed by atoms with van der Waals surface area (Å²) in [6.07, 6.45) is 0. The number of nitrogens with zero attached hydrogens (tertiary/aromatic N) is 3. The summed E-state index contributed by atoms with van der Waals surface area (Å²) >= 11 is 3.65. The summed E-state index contributed by atoms with van der Waals surface area (Å²) in [7, 11) is 0. The predicted molar refractivity (Wildman–Crippen MR) is 320 cm³/mol. The smallest absolute Gasteiger partial charge is 0.123 e. The Labute approximate surface area is 442 Å². The molecule has 0 unspecified atom stereocenters. The lowest BCUT2D eigenvalue weighted by Gasteiger charge is -2.37. The fourth-order valence-electron chi connectivity index (χ4n) is 13.1. The largest absolute Gasteiger partial charge is 0.331 e. The first-order chi connectivity index (χ1) is 37.3. The molecule has 76 heavy (non-hydrogen) atoms. The predicted octanol–water partition coefficient (Wildman–Crippen LogP) is 20.1. The van der Waals surface area contributed by atoms with Gasteiger partial charge >= 0.3 is 0 Å². The van der Waals surface area contributed by atoms with Gasteiger partial charge in [0.25, 0.3) is 0 Å². The van der Waals surface area contributed by atoms with Crippen molar-refractivity contribution < 1.29 is 8.78 Å². The highest BCUT2D eigenvalue weighted by Crippen LogP contribution is 2.54. The second-order valence-electron chi connectivity index (χ2n) is 20.6. The number of thiophene rings is 2. The number of aromatic nitrogens is 3. The SMILES string of the molecule is CC(C)(c1c(-c2cccc(F)c2)c(-n2c3ccccc3c3c4sc5ccccc5c4ccc32)cc(-n2c3ccccc3c3c4sc5ccccc5c4ccc32)c1-c1cccc(F)c1)n1c2ccccc2c2ccccc21. The molecule has 0 aliphatic carbocycles. The highest BCUT2D eigenvalue weighted by molar-refractivity contribution is 7.27. The van der Waals surface area contributed by atoms with Crippen LogP contribution in [0, 0.1) is 11.6 Å². The molecule has 7 heteroatoms. The van der Waals surface area contributed by atoms with Crippen molar-refractivity contribution in [3.63, 3.8) is 0 Å². The number of halogens is 2. The molecule has 0 saturated carbocycles. The molecule has 11 aromatic carbocycles. The van der Waals surface area contributed by atoms with E-state index in [1.165, 1.54) is 63.2 Å². The Hall–Kier alpha value is -8.88. The van der Waals surface area contributed by atoms with Gasteiger partial charge in [0.1, 0.15) is 11.6 Å². The number of hydrogen-bond donors (Lipinski definition) is 0. The molecule has 0 bridgehead atoms. The van der Waals surface area contributed by atoms with Crippen LogP contribution in [0.15, 0.2) is 224 Å². The zero-order chi connectivity index (χ0) is 50.6. The minimum absolute atomic E-state index is 0.343. The van der Waals surface area contributed by atoms with Gasteiger partial charge in [-0.25, -0.2) is 8.78 Å². The van der Waals surface area contributed by atoms with Gasteiger partial charge in [-0.15, -0.1) is 22.7 Å². The van der Waals surface area contributed by atoms with E-state index < -0.39 is 5.54 Å². The van der Waals surface area contributed by atoms with E-state index in [-0.39, 0.29) is 11.6 Å². The highest BCUT2D eigenvalue weighted by atomic mass is 32.1. The third-order valence-corrected chi connectivity index (χ3v) is 18.5. The van der Waals surface area contributed by atoms with Crippen LogP contribution in [0.4, 0.5) is 8.78 Å². The van der Waals surface area contributed by atoms with E-state index in [9.17, 15) is 0 Å². The summed E-state index contributed by atoms with van der Waals surface area (Å²) in [4.78, 5) is 0. The Kier molecular flexibility index (Phi) is 9.20. The summed E-state index contributed by atoms with van der Waals surface area (Å²) in [5.41, 5.74) is 11.1. The van der Waals surface area contributed by atoms with E-state index in [2.05, 4.69) is 203 Å². The quantitative estimate of drug-likeness (QED) is 0.158. The van der Waals surface area contributed by atoms with Gasteiger partial charge in [0, 0.05) is 94.8 Å². The van der Waals surface area contributed by atoms with Crippen molar-refractivity contribution in [2.24, 2.45) is 0 Å². The lowest BCUT2D eigenvalue weighted by Crippen LogP contribution is -2.30. The van der Waals surface area contributed by atoms with Crippen LogP contribution in [0.2, 0.25) is 0 Å². The third-order valence-electron chi connectivity index (χ3n) is 16.1. The number of para-hydroxylation sites is 4. The molecule has 0 saturated heterocycles. The fraction of sp³-hybridized carbons (Fsp3) is 0.0435. The number of rotatable bonds is 6. The van der Waals surface area contributed by atoms with Crippen molar-refractivity contribution in [2.45, 2.75) is 19.4 Å². The van der Waals surface area contributed by atoms with Gasteiger partial charge in [-0.3, -0.25) is 0 Å². The van der Waals surface area contributed by atoms with Crippen molar-refractivity contribution in [2.75, 3.05) is 0 Å².